The van der Waals surface area contributed by atoms with Crippen LogP contribution in [0.2, 0.25) is 0 Å². The van der Waals surface area contributed by atoms with Gasteiger partial charge in [-0.2, -0.15) is 0 Å². The van der Waals surface area contributed by atoms with Gasteiger partial charge in [0.1, 0.15) is 11.5 Å². The second-order valence-corrected chi connectivity index (χ2v) is 6.53. The molecular formula is C22H24N2O4. The van der Waals surface area contributed by atoms with Crippen molar-refractivity contribution in [1.29, 1.82) is 0 Å². The number of benzene rings is 2. The lowest BCUT2D eigenvalue weighted by atomic mass is 10.1. The standard InChI is InChI=1S/C22H24N2O4/c1-15-19(24-22(28-15)17-5-3-2-4-6-17)11-12-27-20-9-7-16(8-10-21(25)26)13-18(20)14-23/h2-7,9,13H,8,10-12,14,23H2,1H3,(H,25,26). The SMILES string of the molecule is Cc1oc(-c2ccccc2)nc1CCOc1ccc(CCC(=O)O)cc1CN. The highest BCUT2D eigenvalue weighted by Gasteiger charge is 2.12. The zero-order valence-electron chi connectivity index (χ0n) is 15.9. The molecule has 0 amide bonds. The van der Waals surface area contributed by atoms with Crippen molar-refractivity contribution in [3.05, 3.63) is 71.1 Å². The molecule has 0 unspecified atom stereocenters. The zero-order chi connectivity index (χ0) is 19.9. The Morgan fingerprint density at radius 1 is 1.18 bits per heavy atom. The van der Waals surface area contributed by atoms with E-state index >= 15 is 0 Å². The van der Waals surface area contributed by atoms with Crippen LogP contribution in [0.4, 0.5) is 0 Å². The van der Waals surface area contributed by atoms with Gasteiger partial charge in [-0.3, -0.25) is 4.79 Å². The number of ether oxygens (including phenoxy) is 1. The van der Waals surface area contributed by atoms with Crippen molar-refractivity contribution in [3.8, 4) is 17.2 Å². The van der Waals surface area contributed by atoms with Gasteiger partial charge in [0.2, 0.25) is 5.89 Å². The highest BCUT2D eigenvalue weighted by atomic mass is 16.5. The first-order valence-electron chi connectivity index (χ1n) is 9.25. The minimum atomic E-state index is -0.813. The summed E-state index contributed by atoms with van der Waals surface area (Å²) in [5, 5.41) is 8.81. The van der Waals surface area contributed by atoms with Gasteiger partial charge in [-0.25, -0.2) is 4.98 Å². The van der Waals surface area contributed by atoms with Gasteiger partial charge in [0, 0.05) is 30.5 Å². The topological polar surface area (TPSA) is 98.6 Å². The molecular weight excluding hydrogens is 356 g/mol. The van der Waals surface area contributed by atoms with Crippen LogP contribution in [-0.2, 0) is 24.2 Å². The fourth-order valence-corrected chi connectivity index (χ4v) is 2.96. The minimum absolute atomic E-state index is 0.0966. The van der Waals surface area contributed by atoms with E-state index < -0.39 is 5.97 Å². The second kappa shape index (κ2) is 9.19. The largest absolute Gasteiger partial charge is 0.493 e. The number of hydrogen-bond donors (Lipinski definition) is 2. The van der Waals surface area contributed by atoms with Crippen molar-refractivity contribution >= 4 is 5.97 Å². The summed E-state index contributed by atoms with van der Waals surface area (Å²) in [5.74, 6) is 1.29. The highest BCUT2D eigenvalue weighted by molar-refractivity contribution is 5.67. The molecule has 0 bridgehead atoms. The Morgan fingerprint density at radius 2 is 1.96 bits per heavy atom. The summed E-state index contributed by atoms with van der Waals surface area (Å²) >= 11 is 0. The van der Waals surface area contributed by atoms with Crippen molar-refractivity contribution in [1.82, 2.24) is 4.98 Å². The number of nitrogens with zero attached hydrogens (tertiary/aromatic N) is 1. The van der Waals surface area contributed by atoms with E-state index in [4.69, 9.17) is 20.0 Å². The van der Waals surface area contributed by atoms with Gasteiger partial charge in [0.15, 0.2) is 0 Å². The molecule has 0 spiro atoms. The molecule has 3 aromatic rings. The summed E-state index contributed by atoms with van der Waals surface area (Å²) in [5.41, 5.74) is 9.44. The van der Waals surface area contributed by atoms with Crippen LogP contribution in [0.5, 0.6) is 5.75 Å². The van der Waals surface area contributed by atoms with Crippen LogP contribution in [0, 0.1) is 6.92 Å². The van der Waals surface area contributed by atoms with Crippen LogP contribution >= 0.6 is 0 Å². The van der Waals surface area contributed by atoms with E-state index in [-0.39, 0.29) is 6.42 Å². The molecule has 3 N–H and O–H groups in total. The number of carbonyl (C=O) groups is 1. The fourth-order valence-electron chi connectivity index (χ4n) is 2.96. The number of aromatic nitrogens is 1. The molecule has 0 aliphatic rings. The molecule has 1 aromatic heterocycles. The normalized spacial score (nSPS) is 10.8. The number of carboxylic acid groups (broad SMARTS) is 1. The second-order valence-electron chi connectivity index (χ2n) is 6.53. The molecule has 0 aliphatic heterocycles. The number of rotatable bonds is 9. The van der Waals surface area contributed by atoms with E-state index in [2.05, 4.69) is 4.98 Å². The maximum Gasteiger partial charge on any atom is 0.303 e. The van der Waals surface area contributed by atoms with Crippen LogP contribution in [0.3, 0.4) is 0 Å². The van der Waals surface area contributed by atoms with Gasteiger partial charge in [-0.1, -0.05) is 30.3 Å². The van der Waals surface area contributed by atoms with Gasteiger partial charge in [0.05, 0.1) is 12.3 Å². The Hall–Kier alpha value is -3.12. The summed E-state index contributed by atoms with van der Waals surface area (Å²) in [6.07, 6.45) is 1.19. The number of nitrogens with two attached hydrogens (primary N) is 1. The first kappa shape index (κ1) is 19.6. The summed E-state index contributed by atoms with van der Waals surface area (Å²) < 4.78 is 11.7. The maximum absolute atomic E-state index is 10.7. The Bertz CT molecular complexity index is 935. The Balaban J connectivity index is 1.62. The average molecular weight is 380 g/mol. The average Bonchev–Trinajstić information content (AvgIpc) is 3.08. The third-order valence-corrected chi connectivity index (χ3v) is 4.48. The first-order valence-corrected chi connectivity index (χ1v) is 9.25. The Labute approximate surface area is 164 Å². The number of aryl methyl sites for hydroxylation is 2. The lowest BCUT2D eigenvalue weighted by Gasteiger charge is -2.11. The van der Waals surface area contributed by atoms with E-state index in [1.165, 1.54) is 0 Å². The number of oxazole rings is 1. The monoisotopic (exact) mass is 380 g/mol. The lowest BCUT2D eigenvalue weighted by Crippen LogP contribution is -2.07. The van der Waals surface area contributed by atoms with Crippen molar-refractivity contribution in [2.75, 3.05) is 6.61 Å². The van der Waals surface area contributed by atoms with E-state index in [1.54, 1.807) is 0 Å². The van der Waals surface area contributed by atoms with E-state index in [1.807, 2.05) is 55.5 Å². The summed E-state index contributed by atoms with van der Waals surface area (Å²) in [7, 11) is 0. The summed E-state index contributed by atoms with van der Waals surface area (Å²) in [4.78, 5) is 15.3. The van der Waals surface area contributed by atoms with Crippen LogP contribution in [0.15, 0.2) is 52.9 Å². The van der Waals surface area contributed by atoms with Crippen molar-refractivity contribution in [2.45, 2.75) is 32.7 Å². The molecule has 2 aromatic carbocycles. The summed E-state index contributed by atoms with van der Waals surface area (Å²) in [6, 6.07) is 15.4. The molecule has 0 atom stereocenters. The molecule has 28 heavy (non-hydrogen) atoms. The van der Waals surface area contributed by atoms with Gasteiger partial charge in [0.25, 0.3) is 0 Å². The Kier molecular flexibility index (Phi) is 6.45. The maximum atomic E-state index is 10.7. The molecule has 0 radical (unpaired) electrons. The molecule has 1 heterocycles. The van der Waals surface area contributed by atoms with Crippen LogP contribution < -0.4 is 10.5 Å². The molecule has 0 fully saturated rings. The molecule has 0 saturated heterocycles. The molecule has 0 aliphatic carbocycles. The van der Waals surface area contributed by atoms with E-state index in [0.717, 1.165) is 28.1 Å². The number of hydrogen-bond acceptors (Lipinski definition) is 5. The third kappa shape index (κ3) is 4.98. The van der Waals surface area contributed by atoms with Crippen LogP contribution in [-0.4, -0.2) is 22.7 Å². The minimum Gasteiger partial charge on any atom is -0.493 e. The molecule has 0 saturated carbocycles. The van der Waals surface area contributed by atoms with Crippen molar-refractivity contribution in [3.63, 3.8) is 0 Å². The van der Waals surface area contributed by atoms with Gasteiger partial charge >= 0.3 is 5.97 Å². The molecule has 6 heteroatoms. The number of aliphatic carboxylic acids is 1. The summed E-state index contributed by atoms with van der Waals surface area (Å²) in [6.45, 7) is 2.68. The molecule has 3 rings (SSSR count). The van der Waals surface area contributed by atoms with Gasteiger partial charge in [-0.15, -0.1) is 0 Å². The van der Waals surface area contributed by atoms with Gasteiger partial charge in [-0.05, 0) is 37.1 Å². The van der Waals surface area contributed by atoms with Crippen molar-refractivity contribution < 1.29 is 19.1 Å². The molecule has 146 valence electrons. The van der Waals surface area contributed by atoms with E-state index in [0.29, 0.717) is 37.6 Å². The van der Waals surface area contributed by atoms with E-state index in [9.17, 15) is 4.79 Å². The molecule has 6 nitrogen and oxygen atoms in total. The van der Waals surface area contributed by atoms with Crippen LogP contribution in [0.25, 0.3) is 11.5 Å². The predicted molar refractivity (Wildman–Crippen MR) is 106 cm³/mol. The number of carboxylic acids is 1. The third-order valence-electron chi connectivity index (χ3n) is 4.48. The van der Waals surface area contributed by atoms with Gasteiger partial charge < -0.3 is 20.0 Å². The van der Waals surface area contributed by atoms with Crippen molar-refractivity contribution in [2.24, 2.45) is 5.73 Å². The fraction of sp³-hybridized carbons (Fsp3) is 0.273. The smallest absolute Gasteiger partial charge is 0.303 e. The highest BCUT2D eigenvalue weighted by Crippen LogP contribution is 2.23. The lowest BCUT2D eigenvalue weighted by molar-refractivity contribution is -0.136. The van der Waals surface area contributed by atoms with Crippen LogP contribution in [0.1, 0.15) is 29.0 Å². The quantitative estimate of drug-likeness (QED) is 0.587. The Morgan fingerprint density at radius 3 is 2.68 bits per heavy atom. The predicted octanol–water partition coefficient (Wildman–Crippen LogP) is 3.75. The first-order chi connectivity index (χ1) is 13.6. The zero-order valence-corrected chi connectivity index (χ0v) is 15.9.